The van der Waals surface area contributed by atoms with Gasteiger partial charge in [0.05, 0.1) is 37.1 Å². The minimum Gasteiger partial charge on any atom is -0.460 e. The molecule has 1 unspecified atom stereocenters. The lowest BCUT2D eigenvalue weighted by Crippen LogP contribution is -2.58. The van der Waals surface area contributed by atoms with Crippen molar-refractivity contribution in [3.63, 3.8) is 0 Å². The SMILES string of the molecule is C=CCCC(=O)NC[C@H](C)OC(=O)[C@@H]1[C@H]2O[C@@]3(CC2Br)[C@H](C(=O)N(CC=C)CCCCC)N([C@H](C)CO)C(=O)[C@@H]13. The lowest BCUT2D eigenvalue weighted by Gasteiger charge is -2.38. The van der Waals surface area contributed by atoms with Gasteiger partial charge in [0.1, 0.15) is 17.7 Å². The summed E-state index contributed by atoms with van der Waals surface area (Å²) in [5, 5.41) is 12.8. The number of ether oxygens (including phenoxy) is 2. The van der Waals surface area contributed by atoms with E-state index in [1.807, 2.05) is 0 Å². The lowest BCUT2D eigenvalue weighted by atomic mass is 9.70. The van der Waals surface area contributed by atoms with Gasteiger partial charge in [-0.15, -0.1) is 13.2 Å². The van der Waals surface area contributed by atoms with Crippen LogP contribution >= 0.6 is 15.9 Å². The first kappa shape index (κ1) is 32.3. The molecule has 8 atom stereocenters. The fourth-order valence-electron chi connectivity index (χ4n) is 6.25. The van der Waals surface area contributed by atoms with Crippen LogP contribution in [0.5, 0.6) is 0 Å². The van der Waals surface area contributed by atoms with Crippen LogP contribution in [0.25, 0.3) is 0 Å². The van der Waals surface area contributed by atoms with Crippen molar-refractivity contribution in [2.75, 3.05) is 26.2 Å². The van der Waals surface area contributed by atoms with Gasteiger partial charge in [-0.05, 0) is 33.1 Å². The van der Waals surface area contributed by atoms with E-state index in [4.69, 9.17) is 9.47 Å². The van der Waals surface area contributed by atoms with E-state index in [9.17, 15) is 24.3 Å². The number of hydrogen-bond acceptors (Lipinski definition) is 7. The topological polar surface area (TPSA) is 125 Å². The number of aliphatic hydroxyl groups excluding tert-OH is 1. The highest BCUT2D eigenvalue weighted by Crippen LogP contribution is 2.60. The smallest absolute Gasteiger partial charge is 0.312 e. The van der Waals surface area contributed by atoms with Crippen LogP contribution < -0.4 is 5.32 Å². The van der Waals surface area contributed by atoms with E-state index in [0.29, 0.717) is 32.4 Å². The number of fused-ring (bicyclic) bond motifs is 1. The predicted octanol–water partition coefficient (Wildman–Crippen LogP) is 2.33. The molecular formula is C29H44BrN3O7. The standard InChI is InChI=1S/C29H44BrN3O7/c1-6-9-11-14-32(13-8-3)27(37)25-29-15-20(30)24(40-29)22(23(29)26(36)33(25)18(4)17-34)28(38)39-19(5)16-31-21(35)12-10-7-2/h7-8,18-20,22-25,34H,2-3,6,9-17H2,1,4-5H3,(H,31,35)/t18-,19+,20?,22+,23-,24+,25+,29-/m1/s1. The molecule has 0 aromatic rings. The molecule has 11 heteroatoms. The molecular weight excluding hydrogens is 582 g/mol. The van der Waals surface area contributed by atoms with Gasteiger partial charge in [-0.3, -0.25) is 19.2 Å². The molecule has 10 nitrogen and oxygen atoms in total. The number of rotatable bonds is 16. The summed E-state index contributed by atoms with van der Waals surface area (Å²) >= 11 is 3.65. The number of allylic oxidation sites excluding steroid dienone is 1. The number of aliphatic hydroxyl groups is 1. The number of nitrogens with one attached hydrogen (secondary N) is 1. The fourth-order valence-corrected chi connectivity index (χ4v) is 7.19. The number of likely N-dealkylation sites (tertiary alicyclic amines) is 1. The second-order valence-corrected chi connectivity index (χ2v) is 12.3. The average molecular weight is 627 g/mol. The van der Waals surface area contributed by atoms with E-state index in [0.717, 1.165) is 19.3 Å². The molecule has 0 aromatic heterocycles. The van der Waals surface area contributed by atoms with E-state index in [1.54, 1.807) is 30.9 Å². The van der Waals surface area contributed by atoms with Gasteiger partial charge in [0.25, 0.3) is 0 Å². The zero-order valence-corrected chi connectivity index (χ0v) is 25.4. The Balaban J connectivity index is 1.87. The Labute approximate surface area is 245 Å². The van der Waals surface area contributed by atoms with Crippen molar-refractivity contribution in [3.8, 4) is 0 Å². The number of halogens is 1. The Morgan fingerprint density at radius 3 is 2.65 bits per heavy atom. The predicted molar refractivity (Wildman–Crippen MR) is 153 cm³/mol. The first-order valence-corrected chi connectivity index (χ1v) is 15.2. The molecule has 3 amide bonds. The number of hydrogen-bond donors (Lipinski definition) is 2. The maximum absolute atomic E-state index is 14.2. The summed E-state index contributed by atoms with van der Waals surface area (Å²) in [6.07, 6.45) is 6.01. The Morgan fingerprint density at radius 1 is 1.30 bits per heavy atom. The summed E-state index contributed by atoms with van der Waals surface area (Å²) in [4.78, 5) is 56.5. The van der Waals surface area contributed by atoms with Crippen molar-refractivity contribution >= 4 is 39.6 Å². The third-order valence-electron chi connectivity index (χ3n) is 8.14. The molecule has 3 aliphatic heterocycles. The Kier molecular flexibility index (Phi) is 11.4. The number of carbonyl (C=O) groups excluding carboxylic acids is 4. The lowest BCUT2D eigenvalue weighted by molar-refractivity contribution is -0.160. The van der Waals surface area contributed by atoms with Gasteiger partial charge < -0.3 is 29.7 Å². The molecule has 3 rings (SSSR count). The van der Waals surface area contributed by atoms with E-state index in [-0.39, 0.29) is 35.7 Å². The van der Waals surface area contributed by atoms with Crippen LogP contribution in [0.3, 0.4) is 0 Å². The number of alkyl halides is 1. The number of esters is 1. The number of amides is 3. The quantitative estimate of drug-likeness (QED) is 0.117. The molecule has 0 radical (unpaired) electrons. The molecule has 2 bridgehead atoms. The molecule has 0 saturated carbocycles. The highest BCUT2D eigenvalue weighted by molar-refractivity contribution is 9.09. The van der Waals surface area contributed by atoms with Crippen molar-refractivity contribution in [2.45, 2.75) is 94.0 Å². The first-order valence-electron chi connectivity index (χ1n) is 14.3. The minimum absolute atomic E-state index is 0.129. The Bertz CT molecular complexity index is 977. The Hall–Kier alpha value is -2.24. The van der Waals surface area contributed by atoms with Crippen LogP contribution in [-0.4, -0.2) is 99.6 Å². The number of carbonyl (C=O) groups is 4. The largest absolute Gasteiger partial charge is 0.460 e. The van der Waals surface area contributed by atoms with Gasteiger partial charge in [-0.25, -0.2) is 0 Å². The van der Waals surface area contributed by atoms with Crippen molar-refractivity contribution < 1.29 is 33.8 Å². The summed E-state index contributed by atoms with van der Waals surface area (Å²) in [5.74, 6) is -3.27. The Morgan fingerprint density at radius 2 is 2.02 bits per heavy atom. The van der Waals surface area contributed by atoms with Gasteiger partial charge in [-0.1, -0.05) is 47.8 Å². The zero-order valence-electron chi connectivity index (χ0n) is 23.9. The summed E-state index contributed by atoms with van der Waals surface area (Å²) in [6.45, 7) is 13.5. The molecule has 0 aliphatic carbocycles. The average Bonchev–Trinajstić information content (AvgIpc) is 3.52. The van der Waals surface area contributed by atoms with Crippen LogP contribution in [0.1, 0.15) is 59.3 Å². The molecule has 224 valence electrons. The van der Waals surface area contributed by atoms with E-state index in [1.165, 1.54) is 4.90 Å². The molecule has 3 aliphatic rings. The molecule has 3 saturated heterocycles. The van der Waals surface area contributed by atoms with Crippen molar-refractivity contribution in [1.82, 2.24) is 15.1 Å². The van der Waals surface area contributed by atoms with Gasteiger partial charge >= 0.3 is 5.97 Å². The van der Waals surface area contributed by atoms with Crippen molar-refractivity contribution in [1.29, 1.82) is 0 Å². The number of nitrogens with zero attached hydrogens (tertiary/aromatic N) is 2. The van der Waals surface area contributed by atoms with Gasteiger partial charge in [0.2, 0.25) is 17.7 Å². The zero-order chi connectivity index (χ0) is 29.6. The van der Waals surface area contributed by atoms with Gasteiger partial charge in [0.15, 0.2) is 0 Å². The number of unbranched alkanes of at least 4 members (excludes halogenated alkanes) is 2. The summed E-state index contributed by atoms with van der Waals surface area (Å²) < 4.78 is 12.2. The van der Waals surface area contributed by atoms with Crippen LogP contribution in [0.15, 0.2) is 25.3 Å². The summed E-state index contributed by atoms with van der Waals surface area (Å²) in [6, 6.07) is -1.64. The maximum atomic E-state index is 14.2. The third-order valence-corrected chi connectivity index (χ3v) is 8.99. The van der Waals surface area contributed by atoms with Crippen molar-refractivity contribution in [3.05, 3.63) is 25.3 Å². The van der Waals surface area contributed by atoms with Gasteiger partial charge in [0, 0.05) is 24.3 Å². The van der Waals surface area contributed by atoms with Crippen LogP contribution in [0.4, 0.5) is 0 Å². The molecule has 3 heterocycles. The fraction of sp³-hybridized carbons (Fsp3) is 0.724. The monoisotopic (exact) mass is 625 g/mol. The second kappa shape index (κ2) is 14.1. The maximum Gasteiger partial charge on any atom is 0.312 e. The summed E-state index contributed by atoms with van der Waals surface area (Å²) in [5.41, 5.74) is -1.23. The van der Waals surface area contributed by atoms with Crippen LogP contribution in [-0.2, 0) is 28.7 Å². The van der Waals surface area contributed by atoms with E-state index >= 15 is 0 Å². The molecule has 2 N–H and O–H groups in total. The van der Waals surface area contributed by atoms with Gasteiger partial charge in [-0.2, -0.15) is 0 Å². The highest BCUT2D eigenvalue weighted by atomic mass is 79.9. The molecule has 3 fully saturated rings. The highest BCUT2D eigenvalue weighted by Gasteiger charge is 2.77. The molecule has 40 heavy (non-hydrogen) atoms. The van der Waals surface area contributed by atoms with E-state index < -0.39 is 47.7 Å². The molecule has 1 spiro atoms. The normalized spacial score (nSPS) is 30.0. The van der Waals surface area contributed by atoms with E-state index in [2.05, 4.69) is 41.3 Å². The summed E-state index contributed by atoms with van der Waals surface area (Å²) in [7, 11) is 0. The van der Waals surface area contributed by atoms with Crippen LogP contribution in [0.2, 0.25) is 0 Å². The minimum atomic E-state index is -1.23. The second-order valence-electron chi connectivity index (χ2n) is 11.1. The third kappa shape index (κ3) is 6.31. The van der Waals surface area contributed by atoms with Crippen molar-refractivity contribution in [2.24, 2.45) is 11.8 Å². The first-order chi connectivity index (χ1) is 19.1. The molecule has 0 aromatic carbocycles. The van der Waals surface area contributed by atoms with Crippen LogP contribution in [0, 0.1) is 11.8 Å².